The number of fused-ring (bicyclic) bond motifs is 3. The van der Waals surface area contributed by atoms with Crippen LogP contribution in [0.3, 0.4) is 0 Å². The minimum Gasteiger partial charge on any atom is -0.288 e. The predicted octanol–water partition coefficient (Wildman–Crippen LogP) is 6.71. The molecule has 5 rings (SSSR count). The van der Waals surface area contributed by atoms with Crippen molar-refractivity contribution in [2.75, 3.05) is 0 Å². The van der Waals surface area contributed by atoms with Gasteiger partial charge in [-0.15, -0.1) is 22.7 Å². The van der Waals surface area contributed by atoms with E-state index in [0.717, 1.165) is 0 Å². The number of benzene rings is 2. The fourth-order valence-electron chi connectivity index (χ4n) is 3.94. The van der Waals surface area contributed by atoms with E-state index < -0.39 is 113 Å². The highest BCUT2D eigenvalue weighted by Gasteiger charge is 2.43. The van der Waals surface area contributed by atoms with Crippen LogP contribution >= 0.6 is 22.7 Å². The molecule has 40 heavy (non-hydrogen) atoms. The van der Waals surface area contributed by atoms with E-state index in [1.807, 2.05) is 0 Å². The SMILES string of the molecule is O=C1C(=O)c2c(sc(C(=O)c3c(F)c(F)c(F)c(F)c3F)c2C(=O)c2c(F)c(F)c(F)c(F)c2F)-c2ccsc21. The van der Waals surface area contributed by atoms with Crippen molar-refractivity contribution >= 4 is 45.8 Å². The van der Waals surface area contributed by atoms with E-state index >= 15 is 0 Å². The van der Waals surface area contributed by atoms with Crippen LogP contribution in [-0.2, 0) is 0 Å². The number of rotatable bonds is 4. The Morgan fingerprint density at radius 1 is 0.525 bits per heavy atom. The van der Waals surface area contributed by atoms with Crippen molar-refractivity contribution in [3.63, 3.8) is 0 Å². The average molecular weight is 608 g/mol. The zero-order valence-electron chi connectivity index (χ0n) is 18.4. The summed E-state index contributed by atoms with van der Waals surface area (Å²) in [5.74, 6) is -34.1. The summed E-state index contributed by atoms with van der Waals surface area (Å²) >= 11 is 0.673. The molecule has 0 unspecified atom stereocenters. The molecule has 1 aliphatic carbocycles. The molecule has 4 nitrogen and oxygen atoms in total. The third-order valence-electron chi connectivity index (χ3n) is 5.76. The second kappa shape index (κ2) is 9.19. The molecule has 0 saturated heterocycles. The summed E-state index contributed by atoms with van der Waals surface area (Å²) in [5.41, 5.74) is -7.21. The van der Waals surface area contributed by atoms with Gasteiger partial charge in [-0.3, -0.25) is 19.2 Å². The van der Waals surface area contributed by atoms with Crippen LogP contribution in [-0.4, -0.2) is 23.1 Å². The first-order valence-corrected chi connectivity index (χ1v) is 11.9. The normalized spacial score (nSPS) is 12.6. The van der Waals surface area contributed by atoms with Crippen molar-refractivity contribution in [1.82, 2.24) is 0 Å². The van der Waals surface area contributed by atoms with Crippen LogP contribution < -0.4 is 0 Å². The Hall–Kier alpha value is -4.18. The maximum absolute atomic E-state index is 14.5. The number of hydrogen-bond acceptors (Lipinski definition) is 6. The Balaban J connectivity index is 1.89. The van der Waals surface area contributed by atoms with Gasteiger partial charge in [-0.25, -0.2) is 43.9 Å². The number of Topliss-reactive ketones (excluding diaryl/α,β-unsaturated/α-hetero) is 2. The van der Waals surface area contributed by atoms with Gasteiger partial charge >= 0.3 is 0 Å². The zero-order chi connectivity index (χ0) is 29.5. The number of hydrogen-bond donors (Lipinski definition) is 0. The third-order valence-corrected chi connectivity index (χ3v) is 7.90. The van der Waals surface area contributed by atoms with Crippen LogP contribution in [0.1, 0.15) is 51.2 Å². The van der Waals surface area contributed by atoms with E-state index in [1.165, 1.54) is 11.4 Å². The van der Waals surface area contributed by atoms with Gasteiger partial charge in [0.25, 0.3) is 0 Å². The molecule has 0 amide bonds. The molecule has 0 spiro atoms. The number of thiophene rings is 2. The van der Waals surface area contributed by atoms with E-state index in [4.69, 9.17) is 0 Å². The van der Waals surface area contributed by atoms with Crippen molar-refractivity contribution in [2.24, 2.45) is 0 Å². The van der Waals surface area contributed by atoms with Gasteiger partial charge in [-0.1, -0.05) is 0 Å². The highest BCUT2D eigenvalue weighted by Crippen LogP contribution is 2.46. The Morgan fingerprint density at radius 3 is 1.43 bits per heavy atom. The van der Waals surface area contributed by atoms with E-state index in [2.05, 4.69) is 0 Å². The molecule has 204 valence electrons. The van der Waals surface area contributed by atoms with Crippen molar-refractivity contribution in [3.8, 4) is 10.4 Å². The van der Waals surface area contributed by atoms with Crippen LogP contribution in [0.4, 0.5) is 43.9 Å². The molecule has 0 N–H and O–H groups in total. The predicted molar refractivity (Wildman–Crippen MR) is 116 cm³/mol. The monoisotopic (exact) mass is 608 g/mol. The van der Waals surface area contributed by atoms with Crippen LogP contribution in [0, 0.1) is 58.2 Å². The lowest BCUT2D eigenvalue weighted by Gasteiger charge is -2.13. The van der Waals surface area contributed by atoms with E-state index in [1.54, 1.807) is 0 Å². The first-order valence-electron chi connectivity index (χ1n) is 10.2. The molecule has 0 atom stereocenters. The van der Waals surface area contributed by atoms with Crippen molar-refractivity contribution in [1.29, 1.82) is 0 Å². The summed E-state index contributed by atoms with van der Waals surface area (Å²) in [6.45, 7) is 0. The van der Waals surface area contributed by atoms with Crippen LogP contribution in [0.2, 0.25) is 0 Å². The second-order valence-corrected chi connectivity index (χ2v) is 9.82. The zero-order valence-corrected chi connectivity index (χ0v) is 20.0. The lowest BCUT2D eigenvalue weighted by atomic mass is 9.87. The summed E-state index contributed by atoms with van der Waals surface area (Å²) in [7, 11) is 0. The minimum absolute atomic E-state index is 0.0176. The highest BCUT2D eigenvalue weighted by atomic mass is 32.1. The maximum Gasteiger partial charge on any atom is 0.244 e. The van der Waals surface area contributed by atoms with Gasteiger partial charge in [0, 0.05) is 10.4 Å². The number of carbonyl (C=O) groups excluding carboxylic acids is 4. The molecule has 0 fully saturated rings. The minimum atomic E-state index is -2.71. The van der Waals surface area contributed by atoms with Gasteiger partial charge in [-0.2, -0.15) is 0 Å². The van der Waals surface area contributed by atoms with Gasteiger partial charge in [0.1, 0.15) is 11.1 Å². The first kappa shape index (κ1) is 27.4. The Bertz CT molecular complexity index is 1830. The second-order valence-electron chi connectivity index (χ2n) is 7.88. The molecule has 0 bridgehead atoms. The molecule has 4 aromatic rings. The van der Waals surface area contributed by atoms with E-state index in [0.29, 0.717) is 11.3 Å². The third kappa shape index (κ3) is 3.51. The maximum atomic E-state index is 14.5. The molecule has 0 saturated carbocycles. The number of carbonyl (C=O) groups is 4. The largest absolute Gasteiger partial charge is 0.288 e. The molecular formula is C24H2F10O4S2. The molecule has 0 aliphatic heterocycles. The van der Waals surface area contributed by atoms with Crippen molar-refractivity contribution in [3.05, 3.63) is 102 Å². The smallest absolute Gasteiger partial charge is 0.244 e. The Labute approximate surface area is 221 Å². The molecular weight excluding hydrogens is 606 g/mol. The summed E-state index contributed by atoms with van der Waals surface area (Å²) in [4.78, 5) is 49.9. The van der Waals surface area contributed by atoms with Crippen LogP contribution in [0.15, 0.2) is 11.4 Å². The van der Waals surface area contributed by atoms with Gasteiger partial charge < -0.3 is 0 Å². The van der Waals surface area contributed by atoms with Gasteiger partial charge in [0.05, 0.1) is 20.9 Å². The molecule has 2 heterocycles. The topological polar surface area (TPSA) is 68.3 Å². The lowest BCUT2D eigenvalue weighted by Crippen LogP contribution is -2.24. The van der Waals surface area contributed by atoms with Crippen LogP contribution in [0.25, 0.3) is 10.4 Å². The molecule has 1 aliphatic rings. The summed E-state index contributed by atoms with van der Waals surface area (Å²) in [6.07, 6.45) is 0. The first-order chi connectivity index (χ1) is 18.7. The van der Waals surface area contributed by atoms with Crippen molar-refractivity contribution < 1.29 is 63.1 Å². The quantitative estimate of drug-likeness (QED) is 0.0850. The van der Waals surface area contributed by atoms with Gasteiger partial charge in [0.2, 0.25) is 34.8 Å². The summed E-state index contributed by atoms with van der Waals surface area (Å²) in [6, 6.07) is 1.17. The lowest BCUT2D eigenvalue weighted by molar-refractivity contribution is 0.0816. The van der Waals surface area contributed by atoms with E-state index in [-0.39, 0.29) is 21.8 Å². The Kier molecular flexibility index (Phi) is 6.29. The fraction of sp³-hybridized carbons (Fsp3) is 0. The Morgan fingerprint density at radius 2 is 0.950 bits per heavy atom. The van der Waals surface area contributed by atoms with Gasteiger partial charge in [0.15, 0.2) is 46.5 Å². The molecule has 16 heteroatoms. The number of halogens is 10. The fourth-order valence-corrected chi connectivity index (χ4v) is 6.12. The summed E-state index contributed by atoms with van der Waals surface area (Å²) in [5, 5.41) is 1.25. The molecule has 2 aromatic heterocycles. The highest BCUT2D eigenvalue weighted by molar-refractivity contribution is 7.20. The molecule has 2 aromatic carbocycles. The van der Waals surface area contributed by atoms with Crippen molar-refractivity contribution in [2.45, 2.75) is 0 Å². The molecule has 0 radical (unpaired) electrons. The van der Waals surface area contributed by atoms with Crippen LogP contribution in [0.5, 0.6) is 0 Å². The van der Waals surface area contributed by atoms with E-state index in [9.17, 15) is 63.1 Å². The standard InChI is InChI=1S/C24H2F10O4S2/c25-8-6(9(26)13(30)16(33)12(8)29)18(35)4-5-19(36)21(38)23-3(1-2-39-23)22(5)40-24(4)20(37)7-10(27)14(31)17(34)15(32)11(7)28/h1-2H. The summed E-state index contributed by atoms with van der Waals surface area (Å²) < 4.78 is 141. The number of ketones is 4. The van der Waals surface area contributed by atoms with Gasteiger partial charge in [-0.05, 0) is 11.4 Å². The average Bonchev–Trinajstić information content (AvgIpc) is 3.57.